The van der Waals surface area contributed by atoms with Crippen LogP contribution in [0.2, 0.25) is 0 Å². The fraction of sp³-hybridized carbons (Fsp3) is 0.385. The molecule has 1 aromatic rings. The van der Waals surface area contributed by atoms with Gasteiger partial charge < -0.3 is 10.1 Å². The van der Waals surface area contributed by atoms with E-state index in [0.29, 0.717) is 22.0 Å². The Morgan fingerprint density at radius 1 is 1.39 bits per heavy atom. The van der Waals surface area contributed by atoms with Crippen molar-refractivity contribution in [2.24, 2.45) is 0 Å². The maximum atomic E-state index is 12.4. The molecule has 1 aliphatic rings. The Morgan fingerprint density at radius 3 is 2.72 bits per heavy atom. The summed E-state index contributed by atoms with van der Waals surface area (Å²) in [5.41, 5.74) is 0.745. The zero-order valence-electron chi connectivity index (χ0n) is 10.7. The van der Waals surface area contributed by atoms with E-state index in [4.69, 9.17) is 4.74 Å². The molecule has 98 valence electrons. The van der Waals surface area contributed by atoms with Gasteiger partial charge in [0.15, 0.2) is 0 Å². The van der Waals surface area contributed by atoms with E-state index >= 15 is 0 Å². The van der Waals surface area contributed by atoms with E-state index in [2.05, 4.69) is 5.32 Å². The van der Waals surface area contributed by atoms with E-state index in [1.807, 2.05) is 14.0 Å². The molecule has 0 amide bonds. The number of nitrogens with one attached hydrogen (secondary N) is 1. The van der Waals surface area contributed by atoms with Crippen LogP contribution < -0.4 is 10.1 Å². The fourth-order valence-corrected chi connectivity index (χ4v) is 3.70. The second-order valence-electron chi connectivity index (χ2n) is 4.41. The second kappa shape index (κ2) is 4.74. The number of benzene rings is 1. The molecule has 1 unspecified atom stereocenters. The zero-order valence-corrected chi connectivity index (χ0v) is 11.5. The van der Waals surface area contributed by atoms with Gasteiger partial charge in [-0.15, -0.1) is 0 Å². The van der Waals surface area contributed by atoms with Gasteiger partial charge in [0.1, 0.15) is 5.75 Å². The maximum absolute atomic E-state index is 12.4. The first-order valence-electron chi connectivity index (χ1n) is 5.80. The number of hydrogen-bond donors (Lipinski definition) is 1. The first-order valence-corrected chi connectivity index (χ1v) is 7.28. The summed E-state index contributed by atoms with van der Waals surface area (Å²) < 4.78 is 29.8. The van der Waals surface area contributed by atoms with Crippen LogP contribution in [0.5, 0.6) is 5.75 Å². The van der Waals surface area contributed by atoms with Crippen LogP contribution in [-0.4, -0.2) is 28.6 Å². The SMILES string of the molecule is CNC(C)CC1=Cc2ccc(OC)cc2S1(=O)=O. The van der Waals surface area contributed by atoms with Crippen LogP contribution in [0.25, 0.3) is 6.08 Å². The predicted octanol–water partition coefficient (Wildman–Crippen LogP) is 1.82. The monoisotopic (exact) mass is 267 g/mol. The lowest BCUT2D eigenvalue weighted by Crippen LogP contribution is -2.22. The Kier molecular flexibility index (Phi) is 3.45. The van der Waals surface area contributed by atoms with Gasteiger partial charge in [-0.05, 0) is 50.2 Å². The van der Waals surface area contributed by atoms with Gasteiger partial charge >= 0.3 is 0 Å². The van der Waals surface area contributed by atoms with Gasteiger partial charge in [0.2, 0.25) is 9.84 Å². The number of fused-ring (bicyclic) bond motifs is 1. The lowest BCUT2D eigenvalue weighted by atomic mass is 10.1. The molecule has 0 spiro atoms. The summed E-state index contributed by atoms with van der Waals surface area (Å²) in [7, 11) is 0.00784. The molecular formula is C13H17NO3S. The molecular weight excluding hydrogens is 250 g/mol. The molecule has 5 heteroatoms. The average Bonchev–Trinajstić information content (AvgIpc) is 2.61. The van der Waals surface area contributed by atoms with Crippen molar-refractivity contribution in [3.05, 3.63) is 28.7 Å². The summed E-state index contributed by atoms with van der Waals surface area (Å²) in [6, 6.07) is 5.26. The van der Waals surface area contributed by atoms with Gasteiger partial charge in [0.05, 0.1) is 16.9 Å². The van der Waals surface area contributed by atoms with Crippen LogP contribution >= 0.6 is 0 Å². The number of hydrogen-bond acceptors (Lipinski definition) is 4. The summed E-state index contributed by atoms with van der Waals surface area (Å²) in [6.07, 6.45) is 2.24. The summed E-state index contributed by atoms with van der Waals surface area (Å²) in [6.45, 7) is 1.96. The molecule has 1 aliphatic heterocycles. The van der Waals surface area contributed by atoms with Crippen LogP contribution in [-0.2, 0) is 9.84 Å². The second-order valence-corrected chi connectivity index (χ2v) is 6.38. The third kappa shape index (κ3) is 2.15. The lowest BCUT2D eigenvalue weighted by Gasteiger charge is -2.10. The molecule has 2 rings (SSSR count). The first kappa shape index (κ1) is 13.1. The van der Waals surface area contributed by atoms with E-state index in [1.165, 1.54) is 7.11 Å². The van der Waals surface area contributed by atoms with Crippen LogP contribution in [0.4, 0.5) is 0 Å². The average molecular weight is 267 g/mol. The molecule has 0 bridgehead atoms. The highest BCUT2D eigenvalue weighted by molar-refractivity contribution is 7.95. The van der Waals surface area contributed by atoms with E-state index in [-0.39, 0.29) is 6.04 Å². The van der Waals surface area contributed by atoms with Crippen LogP contribution in [0.15, 0.2) is 28.0 Å². The van der Waals surface area contributed by atoms with E-state index in [9.17, 15) is 8.42 Å². The van der Waals surface area contributed by atoms with Crippen LogP contribution in [0.3, 0.4) is 0 Å². The fourth-order valence-electron chi connectivity index (χ4n) is 1.96. The van der Waals surface area contributed by atoms with Gasteiger partial charge in [-0.1, -0.05) is 0 Å². The van der Waals surface area contributed by atoms with Crippen LogP contribution in [0, 0.1) is 0 Å². The number of methoxy groups -OCH3 is 1. The topological polar surface area (TPSA) is 55.4 Å². The van der Waals surface area contributed by atoms with Crippen molar-refractivity contribution in [3.63, 3.8) is 0 Å². The molecule has 1 atom stereocenters. The molecule has 1 N–H and O–H groups in total. The van der Waals surface area contributed by atoms with Crippen molar-refractivity contribution >= 4 is 15.9 Å². The molecule has 0 fully saturated rings. The molecule has 18 heavy (non-hydrogen) atoms. The standard InChI is InChI=1S/C13H17NO3S/c1-9(14-2)6-12-7-10-4-5-11(17-3)8-13(10)18(12,15)16/h4-5,7-9,14H,6H2,1-3H3. The minimum absolute atomic E-state index is 0.127. The van der Waals surface area contributed by atoms with E-state index in [1.54, 1.807) is 24.3 Å². The smallest absolute Gasteiger partial charge is 0.203 e. The van der Waals surface area contributed by atoms with Crippen molar-refractivity contribution in [3.8, 4) is 5.75 Å². The molecule has 0 aliphatic carbocycles. The highest BCUT2D eigenvalue weighted by atomic mass is 32.2. The third-order valence-electron chi connectivity index (χ3n) is 3.17. The molecule has 4 nitrogen and oxygen atoms in total. The predicted molar refractivity (Wildman–Crippen MR) is 71.3 cm³/mol. The lowest BCUT2D eigenvalue weighted by molar-refractivity contribution is 0.413. The molecule has 0 saturated carbocycles. The maximum Gasteiger partial charge on any atom is 0.203 e. The molecule has 0 radical (unpaired) electrons. The van der Waals surface area contributed by atoms with Gasteiger partial charge in [-0.3, -0.25) is 0 Å². The highest BCUT2D eigenvalue weighted by Crippen LogP contribution is 2.36. The molecule has 0 saturated heterocycles. The van der Waals surface area contributed by atoms with Gasteiger partial charge in [-0.25, -0.2) is 8.42 Å². The largest absolute Gasteiger partial charge is 0.497 e. The summed E-state index contributed by atoms with van der Waals surface area (Å²) in [5, 5.41) is 3.05. The van der Waals surface area contributed by atoms with Gasteiger partial charge in [-0.2, -0.15) is 0 Å². The van der Waals surface area contributed by atoms with Crippen molar-refractivity contribution in [2.45, 2.75) is 24.3 Å². The van der Waals surface area contributed by atoms with Crippen LogP contribution in [0.1, 0.15) is 18.9 Å². The van der Waals surface area contributed by atoms with Crippen molar-refractivity contribution in [2.75, 3.05) is 14.2 Å². The normalized spacial score (nSPS) is 18.1. The quantitative estimate of drug-likeness (QED) is 0.904. The number of rotatable bonds is 4. The minimum Gasteiger partial charge on any atom is -0.497 e. The molecule has 0 aromatic heterocycles. The van der Waals surface area contributed by atoms with E-state index in [0.717, 1.165) is 5.56 Å². The number of sulfone groups is 1. The molecule has 1 heterocycles. The Balaban J connectivity index is 2.41. The summed E-state index contributed by atoms with van der Waals surface area (Å²) in [5.74, 6) is 0.564. The summed E-state index contributed by atoms with van der Waals surface area (Å²) >= 11 is 0. The van der Waals surface area contributed by atoms with Crippen molar-refractivity contribution < 1.29 is 13.2 Å². The highest BCUT2D eigenvalue weighted by Gasteiger charge is 2.30. The number of ether oxygens (including phenoxy) is 1. The summed E-state index contributed by atoms with van der Waals surface area (Å²) in [4.78, 5) is 0.813. The first-order chi connectivity index (χ1) is 8.48. The molecule has 1 aromatic carbocycles. The minimum atomic E-state index is -3.34. The third-order valence-corrected chi connectivity index (χ3v) is 5.08. The zero-order chi connectivity index (χ0) is 13.3. The van der Waals surface area contributed by atoms with Crippen molar-refractivity contribution in [1.29, 1.82) is 0 Å². The Bertz CT molecular complexity index is 590. The van der Waals surface area contributed by atoms with Gasteiger partial charge in [0.25, 0.3) is 0 Å². The Labute approximate surface area is 108 Å². The van der Waals surface area contributed by atoms with Crippen molar-refractivity contribution in [1.82, 2.24) is 5.32 Å². The Morgan fingerprint density at radius 2 is 2.11 bits per heavy atom. The van der Waals surface area contributed by atoms with E-state index < -0.39 is 9.84 Å². The van der Waals surface area contributed by atoms with Gasteiger partial charge in [0, 0.05) is 6.04 Å². The Hall–Kier alpha value is -1.33.